The minimum absolute atomic E-state index is 0.242. The summed E-state index contributed by atoms with van der Waals surface area (Å²) in [6.45, 7) is 2.17. The molecule has 0 spiro atoms. The lowest BCUT2D eigenvalue weighted by Crippen LogP contribution is -2.07. The zero-order valence-electron chi connectivity index (χ0n) is 8.60. The maximum absolute atomic E-state index is 11.1. The van der Waals surface area contributed by atoms with Crippen LogP contribution >= 0.6 is 0 Å². The van der Waals surface area contributed by atoms with Crippen LogP contribution in [0.2, 0.25) is 0 Å². The van der Waals surface area contributed by atoms with Crippen molar-refractivity contribution in [2.24, 2.45) is 0 Å². The zero-order valence-corrected chi connectivity index (χ0v) is 8.60. The first-order chi connectivity index (χ1) is 7.26. The first-order valence-electron chi connectivity index (χ1n) is 4.74. The van der Waals surface area contributed by atoms with Crippen molar-refractivity contribution in [1.29, 1.82) is 0 Å². The number of ether oxygens (including phenoxy) is 1. The van der Waals surface area contributed by atoms with Crippen LogP contribution in [0.5, 0.6) is 5.75 Å². The smallest absolute Gasteiger partial charge is 0.504 e. The fourth-order valence-electron chi connectivity index (χ4n) is 1.16. The minimum atomic E-state index is -0.350. The summed E-state index contributed by atoms with van der Waals surface area (Å²) >= 11 is 0. The van der Waals surface area contributed by atoms with Crippen molar-refractivity contribution in [2.75, 3.05) is 6.61 Å². The third-order valence-corrected chi connectivity index (χ3v) is 1.81. The molecule has 0 aliphatic rings. The third kappa shape index (κ3) is 4.04. The minimum Gasteiger partial charge on any atom is -0.539 e. The van der Waals surface area contributed by atoms with Crippen LogP contribution in [0.3, 0.4) is 0 Å². The second-order valence-corrected chi connectivity index (χ2v) is 2.90. The molecular formula is C10H13BO4. The maximum atomic E-state index is 11.1. The van der Waals surface area contributed by atoms with Gasteiger partial charge in [-0.1, -0.05) is 12.1 Å². The quantitative estimate of drug-likeness (QED) is 0.563. The summed E-state index contributed by atoms with van der Waals surface area (Å²) < 4.78 is 9.67. The Bertz CT molecular complexity index is 310. The normalized spacial score (nSPS) is 9.47. The van der Waals surface area contributed by atoms with Crippen LogP contribution in [0.1, 0.15) is 12.5 Å². The van der Waals surface area contributed by atoms with Crippen molar-refractivity contribution in [2.45, 2.75) is 13.3 Å². The fraction of sp³-hybridized carbons (Fsp3) is 0.300. The molecule has 0 saturated carbocycles. The van der Waals surface area contributed by atoms with Gasteiger partial charge >= 0.3 is 13.7 Å². The van der Waals surface area contributed by atoms with E-state index in [0.717, 1.165) is 5.56 Å². The fourth-order valence-corrected chi connectivity index (χ4v) is 1.16. The van der Waals surface area contributed by atoms with Gasteiger partial charge in [-0.2, -0.15) is 0 Å². The molecule has 0 aliphatic carbocycles. The van der Waals surface area contributed by atoms with Crippen LogP contribution in [-0.2, 0) is 16.0 Å². The third-order valence-electron chi connectivity index (χ3n) is 1.81. The summed E-state index contributed by atoms with van der Waals surface area (Å²) in [6, 6.07) is 6.93. The molecule has 0 unspecified atom stereocenters. The molecule has 5 heteroatoms. The average Bonchev–Trinajstić information content (AvgIpc) is 2.22. The lowest BCUT2D eigenvalue weighted by molar-refractivity contribution is -0.142. The molecule has 1 aromatic rings. The molecule has 80 valence electrons. The van der Waals surface area contributed by atoms with Crippen LogP contribution in [-0.4, -0.2) is 25.3 Å². The number of hydrogen-bond acceptors (Lipinski definition) is 4. The molecule has 0 bridgehead atoms. The summed E-state index contributed by atoms with van der Waals surface area (Å²) in [4.78, 5) is 11.1. The number of carbonyl (C=O) groups is 1. The Kier molecular flexibility index (Phi) is 4.70. The largest absolute Gasteiger partial charge is 0.539 e. The van der Waals surface area contributed by atoms with E-state index in [0.29, 0.717) is 12.4 Å². The highest BCUT2D eigenvalue weighted by atomic mass is 16.5. The molecule has 0 aliphatic heterocycles. The first kappa shape index (κ1) is 11.6. The van der Waals surface area contributed by atoms with E-state index in [1.54, 1.807) is 31.2 Å². The van der Waals surface area contributed by atoms with E-state index in [9.17, 15) is 4.79 Å². The lowest BCUT2D eigenvalue weighted by atomic mass is 10.1. The molecule has 4 nitrogen and oxygen atoms in total. The second kappa shape index (κ2) is 6.08. The van der Waals surface area contributed by atoms with Gasteiger partial charge in [-0.15, -0.1) is 0 Å². The van der Waals surface area contributed by atoms with E-state index in [-0.39, 0.29) is 20.1 Å². The Morgan fingerprint density at radius 2 is 2.07 bits per heavy atom. The highest BCUT2D eigenvalue weighted by molar-refractivity contribution is 6.17. The van der Waals surface area contributed by atoms with Gasteiger partial charge in [-0.25, -0.2) is 0 Å². The SMILES string of the molecule is CCOC(=O)Cc1ccc(OBO)cc1. The van der Waals surface area contributed by atoms with Crippen molar-refractivity contribution in [1.82, 2.24) is 0 Å². The topological polar surface area (TPSA) is 55.8 Å². The molecule has 1 aromatic carbocycles. The number of rotatable bonds is 5. The van der Waals surface area contributed by atoms with E-state index in [2.05, 4.69) is 0 Å². The number of carbonyl (C=O) groups excluding carboxylic acids is 1. The van der Waals surface area contributed by atoms with Crippen LogP contribution in [0.4, 0.5) is 0 Å². The molecule has 0 radical (unpaired) electrons. The van der Waals surface area contributed by atoms with Crippen molar-refractivity contribution < 1.29 is 19.2 Å². The van der Waals surface area contributed by atoms with Gasteiger partial charge in [-0.3, -0.25) is 4.79 Å². The van der Waals surface area contributed by atoms with Gasteiger partial charge in [0, 0.05) is 0 Å². The van der Waals surface area contributed by atoms with Crippen LogP contribution in [0, 0.1) is 0 Å². The highest BCUT2D eigenvalue weighted by Gasteiger charge is 2.03. The standard InChI is InChI=1S/C10H13BO4/c1-2-14-10(12)7-8-3-5-9(6-4-8)15-11-13/h3-6,11,13H,2,7H2,1H3. The van der Waals surface area contributed by atoms with Crippen molar-refractivity contribution in [3.63, 3.8) is 0 Å². The van der Waals surface area contributed by atoms with Crippen molar-refractivity contribution in [3.05, 3.63) is 29.8 Å². The molecule has 1 N–H and O–H groups in total. The molecular weight excluding hydrogens is 195 g/mol. The molecule has 15 heavy (non-hydrogen) atoms. The van der Waals surface area contributed by atoms with Gasteiger partial charge in [0.2, 0.25) is 0 Å². The van der Waals surface area contributed by atoms with Gasteiger partial charge in [0.25, 0.3) is 0 Å². The predicted molar refractivity (Wildman–Crippen MR) is 56.8 cm³/mol. The van der Waals surface area contributed by atoms with E-state index in [1.165, 1.54) is 0 Å². The van der Waals surface area contributed by atoms with E-state index in [4.69, 9.17) is 14.4 Å². The summed E-state index contributed by atoms with van der Waals surface area (Å²) in [6.07, 6.45) is 0.257. The molecule has 0 heterocycles. The maximum Gasteiger partial charge on any atom is 0.504 e. The number of hydrogen-bond donors (Lipinski definition) is 1. The lowest BCUT2D eigenvalue weighted by Gasteiger charge is -2.04. The monoisotopic (exact) mass is 208 g/mol. The highest BCUT2D eigenvalue weighted by Crippen LogP contribution is 2.12. The van der Waals surface area contributed by atoms with E-state index < -0.39 is 0 Å². The summed E-state index contributed by atoms with van der Waals surface area (Å²) in [5.41, 5.74) is 0.860. The molecule has 0 fully saturated rings. The summed E-state index contributed by atoms with van der Waals surface area (Å²) in [7, 11) is -0.350. The number of esters is 1. The van der Waals surface area contributed by atoms with Crippen LogP contribution in [0.15, 0.2) is 24.3 Å². The predicted octanol–water partition coefficient (Wildman–Crippen LogP) is 0.430. The van der Waals surface area contributed by atoms with Gasteiger partial charge in [-0.05, 0) is 24.6 Å². The molecule has 0 aromatic heterocycles. The van der Waals surface area contributed by atoms with Gasteiger partial charge in [0.05, 0.1) is 13.0 Å². The second-order valence-electron chi connectivity index (χ2n) is 2.90. The molecule has 1 rings (SSSR count). The van der Waals surface area contributed by atoms with Crippen LogP contribution < -0.4 is 4.65 Å². The Labute approximate surface area is 89.1 Å². The average molecular weight is 208 g/mol. The Morgan fingerprint density at radius 3 is 2.60 bits per heavy atom. The Hall–Kier alpha value is -1.49. The van der Waals surface area contributed by atoms with Crippen LogP contribution in [0.25, 0.3) is 0 Å². The number of benzene rings is 1. The Morgan fingerprint density at radius 1 is 1.40 bits per heavy atom. The zero-order chi connectivity index (χ0) is 11.1. The van der Waals surface area contributed by atoms with Gasteiger partial charge in [0.1, 0.15) is 5.75 Å². The van der Waals surface area contributed by atoms with E-state index >= 15 is 0 Å². The molecule has 0 amide bonds. The molecule has 0 saturated heterocycles. The van der Waals surface area contributed by atoms with Crippen molar-refractivity contribution in [3.8, 4) is 5.75 Å². The Balaban J connectivity index is 2.52. The summed E-state index contributed by atoms with van der Waals surface area (Å²) in [5, 5.41) is 8.51. The van der Waals surface area contributed by atoms with Gasteiger partial charge < -0.3 is 14.4 Å². The van der Waals surface area contributed by atoms with Crippen molar-refractivity contribution >= 4 is 13.7 Å². The first-order valence-corrected chi connectivity index (χ1v) is 4.74. The summed E-state index contributed by atoms with van der Waals surface area (Å²) in [5.74, 6) is 0.332. The molecule has 0 atom stereocenters. The van der Waals surface area contributed by atoms with Gasteiger partial charge in [0.15, 0.2) is 0 Å². The van der Waals surface area contributed by atoms with E-state index in [1.807, 2.05) is 0 Å².